The van der Waals surface area contributed by atoms with Crippen molar-refractivity contribution in [3.63, 3.8) is 0 Å². The van der Waals surface area contributed by atoms with E-state index in [1.807, 2.05) is 0 Å². The molecule has 0 N–H and O–H groups in total. The first-order chi connectivity index (χ1) is 5.86. The van der Waals surface area contributed by atoms with E-state index < -0.39 is 0 Å². The molecule has 0 aromatic heterocycles. The van der Waals surface area contributed by atoms with Crippen LogP contribution >= 0.6 is 11.6 Å². The summed E-state index contributed by atoms with van der Waals surface area (Å²) in [6, 6.07) is 0. The van der Waals surface area contributed by atoms with E-state index in [0.717, 1.165) is 11.8 Å². The van der Waals surface area contributed by atoms with E-state index in [1.54, 1.807) is 0 Å². The quantitative estimate of drug-likeness (QED) is 0.573. The van der Waals surface area contributed by atoms with Crippen molar-refractivity contribution in [1.82, 2.24) is 0 Å². The van der Waals surface area contributed by atoms with Crippen LogP contribution in [0.15, 0.2) is 0 Å². The van der Waals surface area contributed by atoms with Crippen LogP contribution in [0.1, 0.15) is 51.4 Å². The van der Waals surface area contributed by atoms with Crippen LogP contribution < -0.4 is 0 Å². The van der Waals surface area contributed by atoms with Gasteiger partial charge >= 0.3 is 0 Å². The van der Waals surface area contributed by atoms with Crippen LogP contribution in [-0.4, -0.2) is 5.38 Å². The van der Waals surface area contributed by atoms with Crippen molar-refractivity contribution in [3.05, 3.63) is 0 Å². The normalized spacial score (nSPS) is 37.8. The molecule has 0 heterocycles. The lowest BCUT2D eigenvalue weighted by Crippen LogP contribution is -2.11. The minimum Gasteiger partial charge on any atom is -0.123 e. The lowest BCUT2D eigenvalue weighted by molar-refractivity contribution is 0.385. The van der Waals surface area contributed by atoms with Gasteiger partial charge < -0.3 is 0 Å². The van der Waals surface area contributed by atoms with E-state index in [-0.39, 0.29) is 0 Å². The van der Waals surface area contributed by atoms with Crippen LogP contribution in [0, 0.1) is 11.8 Å². The molecule has 2 unspecified atom stereocenters. The number of rotatable bonds is 2. The minimum atomic E-state index is 0.519. The largest absolute Gasteiger partial charge is 0.123 e. The van der Waals surface area contributed by atoms with Crippen molar-refractivity contribution in [2.24, 2.45) is 11.8 Å². The molecule has 2 aliphatic rings. The zero-order chi connectivity index (χ0) is 8.39. The van der Waals surface area contributed by atoms with E-state index in [1.165, 1.54) is 51.4 Å². The second-order valence-corrected chi connectivity index (χ2v) is 5.15. The summed E-state index contributed by atoms with van der Waals surface area (Å²) in [5.41, 5.74) is 0. The molecule has 12 heavy (non-hydrogen) atoms. The van der Waals surface area contributed by atoms with Gasteiger partial charge in [0.15, 0.2) is 0 Å². The minimum absolute atomic E-state index is 0.519. The second-order valence-electron chi connectivity index (χ2n) is 4.59. The van der Waals surface area contributed by atoms with E-state index in [2.05, 4.69) is 0 Å². The summed E-state index contributed by atoms with van der Waals surface area (Å²) in [5.74, 6) is 1.91. The van der Waals surface area contributed by atoms with Gasteiger partial charge in [-0.1, -0.05) is 32.1 Å². The third-order valence-corrected chi connectivity index (χ3v) is 4.25. The molecule has 0 bridgehead atoms. The molecule has 2 aliphatic carbocycles. The first-order valence-corrected chi connectivity index (χ1v) is 5.94. The summed E-state index contributed by atoms with van der Waals surface area (Å²) >= 11 is 6.26. The van der Waals surface area contributed by atoms with Gasteiger partial charge in [0.1, 0.15) is 0 Å². The zero-order valence-electron chi connectivity index (χ0n) is 7.77. The number of hydrogen-bond donors (Lipinski definition) is 0. The Labute approximate surface area is 80.7 Å². The molecule has 0 aliphatic heterocycles. The predicted octanol–water partition coefficient (Wildman–Crippen LogP) is 3.97. The SMILES string of the molecule is ClC1CCCC1CC1CCCC1. The maximum atomic E-state index is 6.26. The van der Waals surface area contributed by atoms with Gasteiger partial charge in [-0.2, -0.15) is 0 Å². The van der Waals surface area contributed by atoms with Crippen LogP contribution in [0.3, 0.4) is 0 Å². The van der Waals surface area contributed by atoms with Crippen molar-refractivity contribution in [3.8, 4) is 0 Å². The Kier molecular flexibility index (Phi) is 2.96. The molecule has 0 aromatic rings. The maximum Gasteiger partial charge on any atom is 0.0364 e. The summed E-state index contributed by atoms with van der Waals surface area (Å²) in [6.45, 7) is 0. The van der Waals surface area contributed by atoms with Gasteiger partial charge in [0.05, 0.1) is 0 Å². The average Bonchev–Trinajstić information content (AvgIpc) is 2.65. The molecule has 2 fully saturated rings. The molecule has 0 aromatic carbocycles. The summed E-state index contributed by atoms with van der Waals surface area (Å²) in [6.07, 6.45) is 11.4. The molecule has 70 valence electrons. The average molecular weight is 187 g/mol. The van der Waals surface area contributed by atoms with E-state index in [4.69, 9.17) is 11.6 Å². The Balaban J connectivity index is 1.77. The molecule has 2 rings (SSSR count). The lowest BCUT2D eigenvalue weighted by Gasteiger charge is -2.17. The van der Waals surface area contributed by atoms with Crippen LogP contribution in [0.2, 0.25) is 0 Å². The fourth-order valence-corrected chi connectivity index (χ4v) is 3.31. The van der Waals surface area contributed by atoms with Gasteiger partial charge in [0.2, 0.25) is 0 Å². The van der Waals surface area contributed by atoms with E-state index in [9.17, 15) is 0 Å². The molecule has 2 atom stereocenters. The van der Waals surface area contributed by atoms with Gasteiger partial charge in [0.25, 0.3) is 0 Å². The molecular formula is C11H19Cl. The van der Waals surface area contributed by atoms with Gasteiger partial charge in [-0.15, -0.1) is 11.6 Å². The Bertz CT molecular complexity index is 138. The highest BCUT2D eigenvalue weighted by molar-refractivity contribution is 6.20. The lowest BCUT2D eigenvalue weighted by atomic mass is 9.92. The molecule has 0 spiro atoms. The molecule has 0 amide bonds. The molecule has 0 radical (unpaired) electrons. The number of alkyl halides is 1. The van der Waals surface area contributed by atoms with Crippen LogP contribution in [0.25, 0.3) is 0 Å². The van der Waals surface area contributed by atoms with Crippen LogP contribution in [-0.2, 0) is 0 Å². The van der Waals surface area contributed by atoms with Crippen molar-refractivity contribution in [2.75, 3.05) is 0 Å². The summed E-state index contributed by atoms with van der Waals surface area (Å²) in [4.78, 5) is 0. The first-order valence-electron chi connectivity index (χ1n) is 5.50. The molecular weight excluding hydrogens is 168 g/mol. The fraction of sp³-hybridized carbons (Fsp3) is 1.00. The van der Waals surface area contributed by atoms with Gasteiger partial charge in [-0.3, -0.25) is 0 Å². The highest BCUT2D eigenvalue weighted by Crippen LogP contribution is 2.39. The third-order valence-electron chi connectivity index (χ3n) is 3.68. The highest BCUT2D eigenvalue weighted by atomic mass is 35.5. The summed E-state index contributed by atoms with van der Waals surface area (Å²) in [5, 5.41) is 0.519. The zero-order valence-corrected chi connectivity index (χ0v) is 8.52. The standard InChI is InChI=1S/C11H19Cl/c12-11-7-3-6-10(11)8-9-4-1-2-5-9/h9-11H,1-8H2. The Morgan fingerprint density at radius 2 is 1.67 bits per heavy atom. The van der Waals surface area contributed by atoms with E-state index >= 15 is 0 Å². The monoisotopic (exact) mass is 186 g/mol. The summed E-state index contributed by atoms with van der Waals surface area (Å²) < 4.78 is 0. The Morgan fingerprint density at radius 1 is 0.917 bits per heavy atom. The molecule has 0 saturated heterocycles. The highest BCUT2D eigenvalue weighted by Gasteiger charge is 2.28. The predicted molar refractivity (Wildman–Crippen MR) is 53.6 cm³/mol. The van der Waals surface area contributed by atoms with Crippen molar-refractivity contribution in [2.45, 2.75) is 56.7 Å². The van der Waals surface area contributed by atoms with Crippen molar-refractivity contribution in [1.29, 1.82) is 0 Å². The van der Waals surface area contributed by atoms with E-state index in [0.29, 0.717) is 5.38 Å². The Hall–Kier alpha value is 0.290. The second kappa shape index (κ2) is 4.00. The van der Waals surface area contributed by atoms with Crippen molar-refractivity contribution < 1.29 is 0 Å². The van der Waals surface area contributed by atoms with Crippen LogP contribution in [0.4, 0.5) is 0 Å². The maximum absolute atomic E-state index is 6.26. The first kappa shape index (κ1) is 8.87. The third kappa shape index (κ3) is 1.96. The topological polar surface area (TPSA) is 0 Å². The van der Waals surface area contributed by atoms with Crippen LogP contribution in [0.5, 0.6) is 0 Å². The van der Waals surface area contributed by atoms with Gasteiger partial charge in [0, 0.05) is 5.38 Å². The molecule has 0 nitrogen and oxygen atoms in total. The number of halogens is 1. The molecule has 1 heteroatoms. The van der Waals surface area contributed by atoms with Gasteiger partial charge in [-0.25, -0.2) is 0 Å². The van der Waals surface area contributed by atoms with Gasteiger partial charge in [-0.05, 0) is 31.1 Å². The number of hydrogen-bond acceptors (Lipinski definition) is 0. The smallest absolute Gasteiger partial charge is 0.0364 e. The molecule has 2 saturated carbocycles. The summed E-state index contributed by atoms with van der Waals surface area (Å²) in [7, 11) is 0. The fourth-order valence-electron chi connectivity index (χ4n) is 2.93. The van der Waals surface area contributed by atoms with Crippen molar-refractivity contribution >= 4 is 11.6 Å². The Morgan fingerprint density at radius 3 is 2.25 bits per heavy atom.